The summed E-state index contributed by atoms with van der Waals surface area (Å²) >= 11 is 3.49. The molecule has 5 nitrogen and oxygen atoms in total. The monoisotopic (exact) mass is 340 g/mol. The lowest BCUT2D eigenvalue weighted by Gasteiger charge is -2.35. The predicted molar refractivity (Wildman–Crippen MR) is 76.3 cm³/mol. The van der Waals surface area contributed by atoms with Gasteiger partial charge in [-0.05, 0) is 47.3 Å². The van der Waals surface area contributed by atoms with Crippen LogP contribution >= 0.6 is 15.9 Å². The van der Waals surface area contributed by atoms with Crippen LogP contribution in [0.5, 0.6) is 0 Å². The maximum Gasteiger partial charge on any atom is 0.329 e. The molecule has 2 aliphatic rings. The number of rotatable bonds is 4. The number of fused-ring (bicyclic) bond motifs is 1. The topological polar surface area (TPSA) is 71.5 Å². The summed E-state index contributed by atoms with van der Waals surface area (Å²) in [6.45, 7) is 1.58. The summed E-state index contributed by atoms with van der Waals surface area (Å²) in [4.78, 5) is 15.2. The van der Waals surface area contributed by atoms with Gasteiger partial charge in [0, 0.05) is 24.2 Å². The molecule has 2 heterocycles. The molecule has 3 atom stereocenters. The molecular formula is C14H17BrN2O3. The van der Waals surface area contributed by atoms with E-state index < -0.39 is 11.6 Å². The van der Waals surface area contributed by atoms with Crippen molar-refractivity contribution in [1.29, 1.82) is 0 Å². The minimum absolute atomic E-state index is 0.273. The first-order valence-electron chi connectivity index (χ1n) is 6.81. The SMILES string of the molecule is O=C(O)COC1(c2cccnc2Br)CCC2CNCC21. The van der Waals surface area contributed by atoms with Crippen molar-refractivity contribution in [2.75, 3.05) is 19.7 Å². The molecule has 0 spiro atoms. The number of halogens is 1. The lowest BCUT2D eigenvalue weighted by Crippen LogP contribution is -2.39. The van der Waals surface area contributed by atoms with Crippen LogP contribution in [-0.2, 0) is 15.1 Å². The summed E-state index contributed by atoms with van der Waals surface area (Å²) in [6.07, 6.45) is 3.62. The van der Waals surface area contributed by atoms with E-state index in [0.717, 1.165) is 36.1 Å². The van der Waals surface area contributed by atoms with Crippen molar-refractivity contribution in [3.63, 3.8) is 0 Å². The predicted octanol–water partition coefficient (Wildman–Crippen LogP) is 1.77. The Balaban J connectivity index is 1.99. The van der Waals surface area contributed by atoms with Crippen molar-refractivity contribution in [3.8, 4) is 0 Å². The molecule has 0 radical (unpaired) electrons. The normalized spacial score (nSPS) is 32.2. The van der Waals surface area contributed by atoms with E-state index in [1.807, 2.05) is 12.1 Å². The maximum atomic E-state index is 10.9. The third-order valence-corrected chi connectivity index (χ3v) is 5.13. The summed E-state index contributed by atoms with van der Waals surface area (Å²) in [5.41, 5.74) is 0.428. The Labute approximate surface area is 125 Å². The largest absolute Gasteiger partial charge is 0.480 e. The number of hydrogen-bond donors (Lipinski definition) is 2. The third kappa shape index (κ3) is 2.25. The van der Waals surface area contributed by atoms with Gasteiger partial charge in [0.2, 0.25) is 0 Å². The van der Waals surface area contributed by atoms with Crippen molar-refractivity contribution in [2.24, 2.45) is 11.8 Å². The van der Waals surface area contributed by atoms with Crippen molar-refractivity contribution >= 4 is 21.9 Å². The van der Waals surface area contributed by atoms with E-state index in [1.54, 1.807) is 6.20 Å². The molecule has 2 fully saturated rings. The second-order valence-corrected chi connectivity index (χ2v) is 6.23. The van der Waals surface area contributed by atoms with Crippen LogP contribution in [0, 0.1) is 11.8 Å². The quantitative estimate of drug-likeness (QED) is 0.817. The second kappa shape index (κ2) is 5.42. The molecule has 108 valence electrons. The minimum Gasteiger partial charge on any atom is -0.480 e. The lowest BCUT2D eigenvalue weighted by molar-refractivity contribution is -0.154. The highest BCUT2D eigenvalue weighted by atomic mass is 79.9. The molecule has 2 N–H and O–H groups in total. The summed E-state index contributed by atoms with van der Waals surface area (Å²) < 4.78 is 6.67. The number of pyridine rings is 1. The van der Waals surface area contributed by atoms with Gasteiger partial charge in [0.1, 0.15) is 16.8 Å². The average molecular weight is 341 g/mol. The number of aliphatic carboxylic acids is 1. The van der Waals surface area contributed by atoms with Gasteiger partial charge in [-0.1, -0.05) is 6.07 Å². The zero-order valence-corrected chi connectivity index (χ0v) is 12.6. The molecule has 3 unspecified atom stereocenters. The number of aromatic nitrogens is 1. The number of carboxylic acid groups (broad SMARTS) is 1. The number of hydrogen-bond acceptors (Lipinski definition) is 4. The van der Waals surface area contributed by atoms with Crippen LogP contribution in [0.25, 0.3) is 0 Å². The number of carboxylic acids is 1. The standard InChI is InChI=1S/C14H17BrN2O3/c15-13-10(2-1-5-17-13)14(20-8-12(18)19)4-3-9-6-16-7-11(9)14/h1-2,5,9,11,16H,3-4,6-8H2,(H,18,19). The number of nitrogens with zero attached hydrogens (tertiary/aromatic N) is 1. The van der Waals surface area contributed by atoms with Gasteiger partial charge in [0.05, 0.1) is 0 Å². The zero-order chi connectivity index (χ0) is 14.2. The van der Waals surface area contributed by atoms with Crippen molar-refractivity contribution in [2.45, 2.75) is 18.4 Å². The smallest absolute Gasteiger partial charge is 0.329 e. The van der Waals surface area contributed by atoms with Gasteiger partial charge in [-0.2, -0.15) is 0 Å². The highest BCUT2D eigenvalue weighted by Gasteiger charge is 2.53. The number of nitrogens with one attached hydrogen (secondary N) is 1. The third-order valence-electron chi connectivity index (χ3n) is 4.49. The van der Waals surface area contributed by atoms with Gasteiger partial charge >= 0.3 is 5.97 Å². The van der Waals surface area contributed by atoms with Gasteiger partial charge in [-0.25, -0.2) is 9.78 Å². The van der Waals surface area contributed by atoms with Gasteiger partial charge in [-0.3, -0.25) is 0 Å². The highest BCUT2D eigenvalue weighted by molar-refractivity contribution is 9.10. The molecule has 0 bridgehead atoms. The summed E-state index contributed by atoms with van der Waals surface area (Å²) in [5, 5.41) is 12.4. The molecule has 6 heteroatoms. The van der Waals surface area contributed by atoms with E-state index in [9.17, 15) is 4.79 Å². The molecule has 1 saturated heterocycles. The lowest BCUT2D eigenvalue weighted by atomic mass is 9.82. The van der Waals surface area contributed by atoms with E-state index in [-0.39, 0.29) is 6.61 Å². The Hall–Kier alpha value is -0.980. The van der Waals surface area contributed by atoms with Crippen LogP contribution in [0.1, 0.15) is 18.4 Å². The summed E-state index contributed by atoms with van der Waals surface area (Å²) in [5.74, 6) is -0.0722. The molecule has 1 aliphatic heterocycles. The van der Waals surface area contributed by atoms with Crippen molar-refractivity contribution in [1.82, 2.24) is 10.3 Å². The Bertz CT molecular complexity index is 525. The van der Waals surface area contributed by atoms with Crippen molar-refractivity contribution in [3.05, 3.63) is 28.5 Å². The van der Waals surface area contributed by atoms with E-state index in [1.165, 1.54) is 0 Å². The summed E-state index contributed by atoms with van der Waals surface area (Å²) in [6, 6.07) is 3.86. The van der Waals surface area contributed by atoms with E-state index in [0.29, 0.717) is 11.8 Å². The van der Waals surface area contributed by atoms with Crippen LogP contribution in [0.15, 0.2) is 22.9 Å². The van der Waals surface area contributed by atoms with Crippen LogP contribution < -0.4 is 5.32 Å². The zero-order valence-electron chi connectivity index (χ0n) is 11.0. The Morgan fingerprint density at radius 1 is 1.60 bits per heavy atom. The fraction of sp³-hybridized carbons (Fsp3) is 0.571. The molecule has 1 aliphatic carbocycles. The van der Waals surface area contributed by atoms with Gasteiger partial charge in [-0.15, -0.1) is 0 Å². The fourth-order valence-corrected chi connectivity index (χ4v) is 4.24. The fourth-order valence-electron chi connectivity index (χ4n) is 3.65. The van der Waals surface area contributed by atoms with Crippen LogP contribution in [0.2, 0.25) is 0 Å². The Morgan fingerprint density at radius 2 is 2.45 bits per heavy atom. The first kappa shape index (κ1) is 14.0. The van der Waals surface area contributed by atoms with E-state index in [4.69, 9.17) is 9.84 Å². The second-order valence-electron chi connectivity index (χ2n) is 5.48. The molecular weight excluding hydrogens is 324 g/mol. The molecule has 0 aromatic carbocycles. The molecule has 0 amide bonds. The first-order chi connectivity index (χ1) is 9.63. The number of ether oxygens (including phenoxy) is 1. The van der Waals surface area contributed by atoms with Gasteiger partial charge < -0.3 is 15.2 Å². The maximum absolute atomic E-state index is 10.9. The van der Waals surface area contributed by atoms with Crippen LogP contribution in [-0.4, -0.2) is 35.8 Å². The van der Waals surface area contributed by atoms with Crippen molar-refractivity contribution < 1.29 is 14.6 Å². The molecule has 1 aromatic rings. The average Bonchev–Trinajstić information content (AvgIpc) is 3.00. The molecule has 1 saturated carbocycles. The first-order valence-corrected chi connectivity index (χ1v) is 7.60. The van der Waals surface area contributed by atoms with Gasteiger partial charge in [0.15, 0.2) is 0 Å². The molecule has 1 aromatic heterocycles. The summed E-state index contributed by atoms with van der Waals surface area (Å²) in [7, 11) is 0. The van der Waals surface area contributed by atoms with Crippen LogP contribution in [0.4, 0.5) is 0 Å². The van der Waals surface area contributed by atoms with Gasteiger partial charge in [0.25, 0.3) is 0 Å². The molecule has 3 rings (SSSR count). The number of carbonyl (C=O) groups is 1. The Morgan fingerprint density at radius 3 is 3.20 bits per heavy atom. The van der Waals surface area contributed by atoms with E-state index >= 15 is 0 Å². The van der Waals surface area contributed by atoms with Crippen LogP contribution in [0.3, 0.4) is 0 Å². The molecule has 20 heavy (non-hydrogen) atoms. The highest BCUT2D eigenvalue weighted by Crippen LogP contribution is 2.52. The Kier molecular flexibility index (Phi) is 3.79. The minimum atomic E-state index is -0.932. The van der Waals surface area contributed by atoms with E-state index in [2.05, 4.69) is 26.2 Å².